The van der Waals surface area contributed by atoms with Gasteiger partial charge >= 0.3 is 13.8 Å². The number of unbranched alkanes of at least 4 members (excludes halogenated alkanes) is 8. The third-order valence-electron chi connectivity index (χ3n) is 9.33. The first kappa shape index (κ1) is 60.6. The third-order valence-corrected chi connectivity index (χ3v) is 10.3. The lowest BCUT2D eigenvalue weighted by molar-refractivity contribution is -0.154. The molecule has 10 heteroatoms. The van der Waals surface area contributed by atoms with Crippen molar-refractivity contribution >= 4 is 13.8 Å². The van der Waals surface area contributed by atoms with Gasteiger partial charge in [-0.3, -0.25) is 13.8 Å². The molecule has 0 aromatic carbocycles. The number of hydrogen-bond donors (Lipinski definition) is 3. The zero-order chi connectivity index (χ0) is 46.7. The van der Waals surface area contributed by atoms with Gasteiger partial charge in [0.15, 0.2) is 0 Å². The van der Waals surface area contributed by atoms with E-state index in [1.54, 1.807) is 0 Å². The first-order valence-corrected chi connectivity index (χ1v) is 25.7. The van der Waals surface area contributed by atoms with E-state index in [4.69, 9.17) is 23.6 Å². The number of carbonyl (C=O) groups is 1. The SMILES string of the molecule is CC/C=C\C/C=C\C/C=C\C/C=C\C/C=C\C/C=C\CCCCCOCC(COP(=O)(O)OCC(O)CO)OC(=O)CCCCCCC/C=C\C/C=C\C/C=C\C/C=C\C/C=C\CC. The van der Waals surface area contributed by atoms with Gasteiger partial charge in [-0.15, -0.1) is 0 Å². The number of carbonyl (C=O) groups excluding carboxylic acids is 1. The zero-order valence-corrected chi connectivity index (χ0v) is 40.6. The van der Waals surface area contributed by atoms with Gasteiger partial charge in [0.2, 0.25) is 0 Å². The molecule has 0 saturated carbocycles. The van der Waals surface area contributed by atoms with Gasteiger partial charge in [0.05, 0.1) is 26.4 Å². The van der Waals surface area contributed by atoms with Crippen molar-refractivity contribution in [1.82, 2.24) is 0 Å². The highest BCUT2D eigenvalue weighted by Crippen LogP contribution is 2.43. The number of ether oxygens (including phenoxy) is 2. The van der Waals surface area contributed by atoms with E-state index in [0.717, 1.165) is 128 Å². The van der Waals surface area contributed by atoms with Crippen molar-refractivity contribution in [3.63, 3.8) is 0 Å². The Morgan fingerprint density at radius 3 is 1.27 bits per heavy atom. The Morgan fingerprint density at radius 1 is 0.484 bits per heavy atom. The lowest BCUT2D eigenvalue weighted by atomic mass is 10.1. The first-order chi connectivity index (χ1) is 31.3. The van der Waals surface area contributed by atoms with Crippen LogP contribution in [-0.2, 0) is 27.9 Å². The summed E-state index contributed by atoms with van der Waals surface area (Å²) in [6.45, 7) is 3.14. The van der Waals surface area contributed by atoms with E-state index in [1.807, 2.05) is 0 Å². The molecular weight excluding hydrogens is 824 g/mol. The van der Waals surface area contributed by atoms with E-state index in [9.17, 15) is 19.4 Å². The van der Waals surface area contributed by atoms with E-state index in [1.165, 1.54) is 0 Å². The lowest BCUT2D eigenvalue weighted by Gasteiger charge is -2.20. The third kappa shape index (κ3) is 48.1. The molecule has 0 aliphatic heterocycles. The molecule has 3 N–H and O–H groups in total. The van der Waals surface area contributed by atoms with Crippen LogP contribution in [0.15, 0.2) is 134 Å². The quantitative estimate of drug-likeness (QED) is 0.0237. The smallest absolute Gasteiger partial charge is 0.457 e. The average molecular weight is 911 g/mol. The largest absolute Gasteiger partial charge is 0.472 e. The van der Waals surface area contributed by atoms with Crippen LogP contribution in [0.4, 0.5) is 0 Å². The average Bonchev–Trinajstić information content (AvgIpc) is 3.29. The van der Waals surface area contributed by atoms with Gasteiger partial charge in [0.25, 0.3) is 0 Å². The Labute approximate surface area is 389 Å². The van der Waals surface area contributed by atoms with Crippen LogP contribution in [0, 0.1) is 0 Å². The van der Waals surface area contributed by atoms with Crippen molar-refractivity contribution in [3.05, 3.63) is 134 Å². The van der Waals surface area contributed by atoms with E-state index in [-0.39, 0.29) is 13.0 Å². The lowest BCUT2D eigenvalue weighted by Crippen LogP contribution is -2.29. The minimum atomic E-state index is -4.55. The molecule has 0 aliphatic rings. The maximum Gasteiger partial charge on any atom is 0.472 e. The minimum absolute atomic E-state index is 0.00789. The molecular formula is C54H87O9P. The van der Waals surface area contributed by atoms with Crippen LogP contribution in [0.3, 0.4) is 0 Å². The fourth-order valence-electron chi connectivity index (χ4n) is 5.74. The summed E-state index contributed by atoms with van der Waals surface area (Å²) in [6.07, 6.45) is 67.0. The van der Waals surface area contributed by atoms with E-state index in [2.05, 4.69) is 148 Å². The Morgan fingerprint density at radius 2 is 0.844 bits per heavy atom. The van der Waals surface area contributed by atoms with Gasteiger partial charge in [-0.05, 0) is 109 Å². The maximum atomic E-state index is 12.7. The van der Waals surface area contributed by atoms with Crippen molar-refractivity contribution in [2.75, 3.05) is 33.0 Å². The molecule has 362 valence electrons. The number of rotatable bonds is 44. The monoisotopic (exact) mass is 911 g/mol. The molecule has 0 amide bonds. The molecule has 0 spiro atoms. The molecule has 9 nitrogen and oxygen atoms in total. The molecule has 64 heavy (non-hydrogen) atoms. The summed E-state index contributed by atoms with van der Waals surface area (Å²) in [7, 11) is -4.55. The Hall–Kier alpha value is -3.40. The summed E-state index contributed by atoms with van der Waals surface area (Å²) < 4.78 is 33.4. The number of phosphoric ester groups is 1. The van der Waals surface area contributed by atoms with Crippen LogP contribution in [0.1, 0.15) is 155 Å². The summed E-state index contributed by atoms with van der Waals surface area (Å²) in [5.74, 6) is -0.420. The summed E-state index contributed by atoms with van der Waals surface area (Å²) >= 11 is 0. The highest BCUT2D eigenvalue weighted by atomic mass is 31.2. The van der Waals surface area contributed by atoms with Crippen molar-refractivity contribution in [3.8, 4) is 0 Å². The van der Waals surface area contributed by atoms with Crippen LogP contribution in [0.25, 0.3) is 0 Å². The number of allylic oxidation sites excluding steroid dienone is 22. The van der Waals surface area contributed by atoms with Crippen LogP contribution >= 0.6 is 7.82 Å². The summed E-state index contributed by atoms with van der Waals surface area (Å²) in [4.78, 5) is 22.7. The van der Waals surface area contributed by atoms with Gasteiger partial charge in [0, 0.05) is 13.0 Å². The van der Waals surface area contributed by atoms with Gasteiger partial charge < -0.3 is 24.6 Å². The van der Waals surface area contributed by atoms with Crippen LogP contribution in [-0.4, -0.2) is 66.3 Å². The molecule has 0 bridgehead atoms. The normalized spacial score (nSPS) is 15.0. The molecule has 0 radical (unpaired) electrons. The summed E-state index contributed by atoms with van der Waals surface area (Å²) in [6, 6.07) is 0. The second-order valence-electron chi connectivity index (χ2n) is 15.4. The first-order valence-electron chi connectivity index (χ1n) is 24.2. The van der Waals surface area contributed by atoms with Gasteiger partial charge in [0.1, 0.15) is 12.2 Å². The molecule has 0 fully saturated rings. The van der Waals surface area contributed by atoms with E-state index >= 15 is 0 Å². The maximum absolute atomic E-state index is 12.7. The molecule has 3 unspecified atom stereocenters. The zero-order valence-electron chi connectivity index (χ0n) is 39.7. The molecule has 0 aromatic rings. The predicted octanol–water partition coefficient (Wildman–Crippen LogP) is 14.1. The van der Waals surface area contributed by atoms with Gasteiger partial charge in [-0.2, -0.15) is 0 Å². The molecule has 0 aliphatic carbocycles. The number of aliphatic hydroxyl groups excluding tert-OH is 2. The van der Waals surface area contributed by atoms with Crippen LogP contribution in [0.5, 0.6) is 0 Å². The van der Waals surface area contributed by atoms with Crippen LogP contribution < -0.4 is 0 Å². The summed E-state index contributed by atoms with van der Waals surface area (Å²) in [5.41, 5.74) is 0. The highest BCUT2D eigenvalue weighted by Gasteiger charge is 2.26. The van der Waals surface area contributed by atoms with Crippen molar-refractivity contribution in [2.24, 2.45) is 0 Å². The summed E-state index contributed by atoms with van der Waals surface area (Å²) in [5, 5.41) is 18.4. The number of esters is 1. The van der Waals surface area contributed by atoms with Crippen molar-refractivity contribution in [2.45, 2.75) is 167 Å². The second kappa shape index (κ2) is 49.0. The number of aliphatic hydroxyl groups is 2. The topological polar surface area (TPSA) is 132 Å². The predicted molar refractivity (Wildman–Crippen MR) is 269 cm³/mol. The molecule has 0 aromatic heterocycles. The Bertz CT molecular complexity index is 1450. The fraction of sp³-hybridized carbons (Fsp3) is 0.574. The molecule has 0 heterocycles. The molecule has 0 rings (SSSR count). The van der Waals surface area contributed by atoms with Gasteiger partial charge in [-0.1, -0.05) is 173 Å². The van der Waals surface area contributed by atoms with E-state index < -0.39 is 45.8 Å². The Balaban J connectivity index is 4.28. The number of hydrogen-bond acceptors (Lipinski definition) is 8. The van der Waals surface area contributed by atoms with Crippen LogP contribution in [0.2, 0.25) is 0 Å². The highest BCUT2D eigenvalue weighted by molar-refractivity contribution is 7.47. The van der Waals surface area contributed by atoms with Crippen molar-refractivity contribution in [1.29, 1.82) is 0 Å². The minimum Gasteiger partial charge on any atom is -0.457 e. The standard InChI is InChI=1S/C54H87O9P/c1-3-5-7-9-11-13-15-17-19-21-23-25-27-29-31-33-35-37-39-41-43-45-47-60-50-53(51-62-64(58,59)61-49-52(56)48-55)63-54(57)46-44-42-40-38-36-34-32-30-28-26-24-22-20-18-16-14-12-10-8-6-4-2/h5-8,11-14,17-20,23-26,29-32,35,37,52-53,55-56H,3-4,9-10,15-16,21-22,27-28,33-34,36,38-51H2,1-2H3,(H,58,59)/b7-5-,8-6-,13-11-,14-12-,19-17-,20-18-,25-23-,26-24-,31-29-,32-30-,37-35-. The second-order valence-corrected chi connectivity index (χ2v) is 16.8. The fourth-order valence-corrected chi connectivity index (χ4v) is 6.53. The molecule has 0 saturated heterocycles. The molecule has 3 atom stereocenters. The van der Waals surface area contributed by atoms with Gasteiger partial charge in [-0.25, -0.2) is 4.57 Å². The van der Waals surface area contributed by atoms with E-state index in [0.29, 0.717) is 13.0 Å². The van der Waals surface area contributed by atoms with Crippen molar-refractivity contribution < 1.29 is 43.0 Å². The number of phosphoric acid groups is 1. The Kier molecular flexibility index (Phi) is 46.4.